The zero-order valence-electron chi connectivity index (χ0n) is 10.6. The quantitative estimate of drug-likeness (QED) is 0.750. The first-order chi connectivity index (χ1) is 8.77. The molecule has 1 aromatic heterocycles. The molecular formula is C14H19N3O. The summed E-state index contributed by atoms with van der Waals surface area (Å²) < 4.78 is 5.77. The first-order valence-corrected chi connectivity index (χ1v) is 6.42. The van der Waals surface area contributed by atoms with Gasteiger partial charge < -0.3 is 20.8 Å². The predicted molar refractivity (Wildman–Crippen MR) is 72.6 cm³/mol. The van der Waals surface area contributed by atoms with Crippen molar-refractivity contribution < 1.29 is 4.74 Å². The highest BCUT2D eigenvalue weighted by Gasteiger charge is 2.26. The van der Waals surface area contributed by atoms with Gasteiger partial charge in [-0.3, -0.25) is 0 Å². The number of ether oxygens (including phenoxy) is 1. The molecule has 2 atom stereocenters. The summed E-state index contributed by atoms with van der Waals surface area (Å²) in [6.45, 7) is 4.54. The van der Waals surface area contributed by atoms with E-state index in [0.29, 0.717) is 0 Å². The van der Waals surface area contributed by atoms with Crippen LogP contribution in [0.25, 0.3) is 10.9 Å². The second-order valence-electron chi connectivity index (χ2n) is 4.85. The average molecular weight is 245 g/mol. The fraction of sp³-hybridized carbons (Fsp3) is 0.429. The summed E-state index contributed by atoms with van der Waals surface area (Å²) in [6.07, 6.45) is 0.0525. The summed E-state index contributed by atoms with van der Waals surface area (Å²) in [4.78, 5) is 3.39. The number of aromatic nitrogens is 1. The van der Waals surface area contributed by atoms with Gasteiger partial charge in [0.2, 0.25) is 0 Å². The van der Waals surface area contributed by atoms with E-state index in [4.69, 9.17) is 10.5 Å². The van der Waals surface area contributed by atoms with Crippen LogP contribution in [0.1, 0.15) is 17.3 Å². The molecule has 0 bridgehead atoms. The Morgan fingerprint density at radius 3 is 3.00 bits per heavy atom. The van der Waals surface area contributed by atoms with Crippen molar-refractivity contribution >= 4 is 10.9 Å². The van der Waals surface area contributed by atoms with Crippen molar-refractivity contribution in [3.63, 3.8) is 0 Å². The molecule has 4 nitrogen and oxygen atoms in total. The molecule has 0 radical (unpaired) electrons. The third-order valence-electron chi connectivity index (χ3n) is 3.63. The van der Waals surface area contributed by atoms with E-state index in [-0.39, 0.29) is 12.1 Å². The molecule has 0 spiro atoms. The maximum Gasteiger partial charge on any atom is 0.0893 e. The summed E-state index contributed by atoms with van der Waals surface area (Å²) in [5, 5.41) is 4.54. The zero-order chi connectivity index (χ0) is 12.5. The minimum atomic E-state index is -0.0889. The van der Waals surface area contributed by atoms with Gasteiger partial charge in [0.1, 0.15) is 0 Å². The summed E-state index contributed by atoms with van der Waals surface area (Å²) in [7, 11) is 0. The van der Waals surface area contributed by atoms with Crippen molar-refractivity contribution in [1.82, 2.24) is 10.3 Å². The lowest BCUT2D eigenvalue weighted by atomic mass is 9.98. The van der Waals surface area contributed by atoms with Crippen LogP contribution in [0.15, 0.2) is 24.3 Å². The van der Waals surface area contributed by atoms with Gasteiger partial charge in [0.25, 0.3) is 0 Å². The summed E-state index contributed by atoms with van der Waals surface area (Å²) in [5.74, 6) is 0. The van der Waals surface area contributed by atoms with Crippen LogP contribution in [0.4, 0.5) is 0 Å². The number of hydrogen-bond donors (Lipinski definition) is 3. The molecule has 1 aliphatic heterocycles. The molecule has 4 heteroatoms. The van der Waals surface area contributed by atoms with Gasteiger partial charge in [-0.15, -0.1) is 0 Å². The van der Waals surface area contributed by atoms with Gasteiger partial charge in [0.05, 0.1) is 18.8 Å². The maximum absolute atomic E-state index is 6.40. The molecule has 4 N–H and O–H groups in total. The SMILES string of the molecule is Cc1[nH]c2ccccc2c1C(N)C1CNCCO1. The second-order valence-corrected chi connectivity index (χ2v) is 4.85. The van der Waals surface area contributed by atoms with E-state index in [2.05, 4.69) is 29.4 Å². The second kappa shape index (κ2) is 4.72. The molecule has 0 saturated carbocycles. The Labute approximate surface area is 107 Å². The van der Waals surface area contributed by atoms with Gasteiger partial charge in [-0.05, 0) is 18.6 Å². The molecular weight excluding hydrogens is 226 g/mol. The Balaban J connectivity index is 1.99. The molecule has 2 heterocycles. The summed E-state index contributed by atoms with van der Waals surface area (Å²) in [5.41, 5.74) is 9.86. The Hall–Kier alpha value is -1.36. The number of nitrogens with two attached hydrogens (primary N) is 1. The zero-order valence-corrected chi connectivity index (χ0v) is 10.6. The Morgan fingerprint density at radius 2 is 2.22 bits per heavy atom. The Kier molecular flexibility index (Phi) is 3.07. The normalized spacial score (nSPS) is 22.2. The molecule has 0 aliphatic carbocycles. The van der Waals surface area contributed by atoms with Crippen LogP contribution in [-0.4, -0.2) is 30.8 Å². The van der Waals surface area contributed by atoms with Gasteiger partial charge in [0, 0.05) is 29.7 Å². The molecule has 2 aromatic rings. The maximum atomic E-state index is 6.40. The van der Waals surface area contributed by atoms with Crippen LogP contribution < -0.4 is 11.1 Å². The van der Waals surface area contributed by atoms with Crippen molar-refractivity contribution in [3.8, 4) is 0 Å². The third-order valence-corrected chi connectivity index (χ3v) is 3.63. The van der Waals surface area contributed by atoms with Gasteiger partial charge in [0.15, 0.2) is 0 Å². The fourth-order valence-electron chi connectivity index (χ4n) is 2.73. The predicted octanol–water partition coefficient (Wildman–Crippen LogP) is 1.46. The number of rotatable bonds is 2. The Bertz CT molecular complexity index is 543. The van der Waals surface area contributed by atoms with E-state index in [9.17, 15) is 0 Å². The lowest BCUT2D eigenvalue weighted by Crippen LogP contribution is -2.44. The number of H-pyrrole nitrogens is 1. The molecule has 1 saturated heterocycles. The minimum Gasteiger partial charge on any atom is -0.374 e. The molecule has 1 fully saturated rings. The van der Waals surface area contributed by atoms with Gasteiger partial charge >= 0.3 is 0 Å². The number of nitrogens with one attached hydrogen (secondary N) is 2. The lowest BCUT2D eigenvalue weighted by molar-refractivity contribution is 0.0123. The number of benzene rings is 1. The van der Waals surface area contributed by atoms with Crippen LogP contribution in [0.3, 0.4) is 0 Å². The first-order valence-electron chi connectivity index (χ1n) is 6.42. The smallest absolute Gasteiger partial charge is 0.0893 e. The summed E-state index contributed by atoms with van der Waals surface area (Å²) >= 11 is 0. The van der Waals surface area contributed by atoms with Crippen LogP contribution in [0.2, 0.25) is 0 Å². The van der Waals surface area contributed by atoms with Crippen LogP contribution in [-0.2, 0) is 4.74 Å². The number of hydrogen-bond acceptors (Lipinski definition) is 3. The van der Waals surface area contributed by atoms with Crippen molar-refractivity contribution in [1.29, 1.82) is 0 Å². The molecule has 1 aliphatic rings. The fourth-order valence-corrected chi connectivity index (χ4v) is 2.73. The van der Waals surface area contributed by atoms with Crippen LogP contribution in [0.5, 0.6) is 0 Å². The summed E-state index contributed by atoms with van der Waals surface area (Å²) in [6, 6.07) is 8.19. The first kappa shape index (κ1) is 11.7. The lowest BCUT2D eigenvalue weighted by Gasteiger charge is -2.29. The van der Waals surface area contributed by atoms with Gasteiger partial charge in [-0.25, -0.2) is 0 Å². The average Bonchev–Trinajstić information content (AvgIpc) is 2.75. The minimum absolute atomic E-state index is 0.0525. The number of para-hydroxylation sites is 1. The largest absolute Gasteiger partial charge is 0.374 e. The van der Waals surface area contributed by atoms with Gasteiger partial charge in [-0.2, -0.15) is 0 Å². The topological polar surface area (TPSA) is 63.1 Å². The highest BCUT2D eigenvalue weighted by atomic mass is 16.5. The highest BCUT2D eigenvalue weighted by molar-refractivity contribution is 5.85. The highest BCUT2D eigenvalue weighted by Crippen LogP contribution is 2.29. The van der Waals surface area contributed by atoms with E-state index in [1.165, 1.54) is 10.9 Å². The van der Waals surface area contributed by atoms with Gasteiger partial charge in [-0.1, -0.05) is 18.2 Å². The molecule has 18 heavy (non-hydrogen) atoms. The number of aromatic amines is 1. The van der Waals surface area contributed by atoms with E-state index < -0.39 is 0 Å². The van der Waals surface area contributed by atoms with E-state index in [0.717, 1.165) is 30.9 Å². The van der Waals surface area contributed by atoms with Crippen LogP contribution >= 0.6 is 0 Å². The standard InChI is InChI=1S/C14H19N3O/c1-9-13(10-4-2-3-5-11(10)17-9)14(15)12-8-16-6-7-18-12/h2-5,12,14,16-17H,6-8,15H2,1H3. The number of morpholine rings is 1. The molecule has 0 amide bonds. The van der Waals surface area contributed by atoms with Crippen molar-refractivity contribution in [3.05, 3.63) is 35.5 Å². The molecule has 96 valence electrons. The van der Waals surface area contributed by atoms with Crippen molar-refractivity contribution in [2.75, 3.05) is 19.7 Å². The monoisotopic (exact) mass is 245 g/mol. The Morgan fingerprint density at radius 1 is 1.39 bits per heavy atom. The van der Waals surface area contributed by atoms with E-state index in [1.54, 1.807) is 0 Å². The molecule has 2 unspecified atom stereocenters. The van der Waals surface area contributed by atoms with Crippen molar-refractivity contribution in [2.24, 2.45) is 5.73 Å². The van der Waals surface area contributed by atoms with E-state index >= 15 is 0 Å². The molecule has 3 rings (SSSR count). The van der Waals surface area contributed by atoms with E-state index in [1.807, 2.05) is 12.1 Å². The van der Waals surface area contributed by atoms with Crippen LogP contribution in [0, 0.1) is 6.92 Å². The van der Waals surface area contributed by atoms with Crippen molar-refractivity contribution in [2.45, 2.75) is 19.1 Å². The molecule has 1 aromatic carbocycles. The third kappa shape index (κ3) is 1.92. The number of aryl methyl sites for hydroxylation is 1. The number of fused-ring (bicyclic) bond motifs is 1.